The van der Waals surface area contributed by atoms with Gasteiger partial charge in [0.15, 0.2) is 0 Å². The van der Waals surface area contributed by atoms with Gasteiger partial charge in [-0.15, -0.1) is 0 Å². The molecule has 1 aliphatic rings. The Labute approximate surface area is 174 Å². The van der Waals surface area contributed by atoms with Crippen LogP contribution >= 0.6 is 0 Å². The van der Waals surface area contributed by atoms with Gasteiger partial charge < -0.3 is 5.32 Å². The molecule has 1 amide bonds. The molecular formula is C23H30N2O3S. The van der Waals surface area contributed by atoms with E-state index in [0.717, 1.165) is 19.3 Å². The molecule has 0 radical (unpaired) electrons. The highest BCUT2D eigenvalue weighted by atomic mass is 32.2. The van der Waals surface area contributed by atoms with E-state index in [9.17, 15) is 13.2 Å². The molecule has 5 nitrogen and oxygen atoms in total. The third-order valence-corrected chi connectivity index (χ3v) is 7.48. The molecule has 156 valence electrons. The number of sulfonamides is 1. The van der Waals surface area contributed by atoms with Crippen LogP contribution in [0.4, 0.5) is 0 Å². The molecule has 0 saturated carbocycles. The Kier molecular flexibility index (Phi) is 6.44. The summed E-state index contributed by atoms with van der Waals surface area (Å²) in [6.45, 7) is 7.47. The second-order valence-electron chi connectivity index (χ2n) is 8.46. The first-order chi connectivity index (χ1) is 13.7. The topological polar surface area (TPSA) is 66.5 Å². The molecule has 0 aromatic heterocycles. The summed E-state index contributed by atoms with van der Waals surface area (Å²) in [5.74, 6) is -0.188. The van der Waals surface area contributed by atoms with E-state index in [-0.39, 0.29) is 22.3 Å². The minimum absolute atomic E-state index is 0.0225. The third kappa shape index (κ3) is 5.06. The number of amides is 1. The molecule has 1 saturated heterocycles. The van der Waals surface area contributed by atoms with Crippen LogP contribution in [0.15, 0.2) is 59.5 Å². The van der Waals surface area contributed by atoms with E-state index >= 15 is 0 Å². The molecule has 1 fully saturated rings. The van der Waals surface area contributed by atoms with Crippen LogP contribution in [-0.2, 0) is 15.4 Å². The highest BCUT2D eigenvalue weighted by Crippen LogP contribution is 2.28. The lowest BCUT2D eigenvalue weighted by Crippen LogP contribution is -2.37. The molecule has 0 aliphatic carbocycles. The van der Waals surface area contributed by atoms with E-state index in [0.29, 0.717) is 18.7 Å². The van der Waals surface area contributed by atoms with Gasteiger partial charge in [0.2, 0.25) is 10.0 Å². The SMILES string of the molecule is CC(CC(C)(C)c1ccccc1)NC(=O)c1ccc(S(=O)(=O)N2CCCC2)cc1. The summed E-state index contributed by atoms with van der Waals surface area (Å²) in [4.78, 5) is 12.9. The van der Waals surface area contributed by atoms with Crippen molar-refractivity contribution in [1.29, 1.82) is 0 Å². The van der Waals surface area contributed by atoms with Gasteiger partial charge in [0.05, 0.1) is 4.90 Å². The van der Waals surface area contributed by atoms with Crippen molar-refractivity contribution in [3.05, 3.63) is 65.7 Å². The van der Waals surface area contributed by atoms with Gasteiger partial charge >= 0.3 is 0 Å². The van der Waals surface area contributed by atoms with Crippen LogP contribution in [0.1, 0.15) is 56.0 Å². The number of rotatable bonds is 7. The molecule has 1 heterocycles. The zero-order chi connectivity index (χ0) is 21.1. The maximum Gasteiger partial charge on any atom is 0.251 e. The quantitative estimate of drug-likeness (QED) is 0.746. The number of hydrogen-bond donors (Lipinski definition) is 1. The normalized spacial score (nSPS) is 16.5. The van der Waals surface area contributed by atoms with Gasteiger partial charge in [-0.2, -0.15) is 4.31 Å². The maximum atomic E-state index is 12.6. The van der Waals surface area contributed by atoms with Crippen molar-refractivity contribution < 1.29 is 13.2 Å². The summed E-state index contributed by atoms with van der Waals surface area (Å²) in [6.07, 6.45) is 2.60. The predicted octanol–water partition coefficient (Wildman–Crippen LogP) is 3.96. The lowest BCUT2D eigenvalue weighted by molar-refractivity contribution is 0.0934. The molecule has 6 heteroatoms. The van der Waals surface area contributed by atoms with Gasteiger partial charge in [-0.1, -0.05) is 44.2 Å². The summed E-state index contributed by atoms with van der Waals surface area (Å²) in [7, 11) is -3.46. The summed E-state index contributed by atoms with van der Waals surface area (Å²) in [5.41, 5.74) is 1.63. The van der Waals surface area contributed by atoms with Crippen LogP contribution in [0, 0.1) is 0 Å². The largest absolute Gasteiger partial charge is 0.350 e. The van der Waals surface area contributed by atoms with Crippen molar-refractivity contribution in [3.63, 3.8) is 0 Å². The molecular weight excluding hydrogens is 384 g/mol. The molecule has 1 atom stereocenters. The molecule has 3 rings (SSSR count). The van der Waals surface area contributed by atoms with Crippen LogP contribution in [0.25, 0.3) is 0 Å². The highest BCUT2D eigenvalue weighted by molar-refractivity contribution is 7.89. The molecule has 2 aromatic rings. The van der Waals surface area contributed by atoms with Gasteiger partial charge in [-0.3, -0.25) is 4.79 Å². The first-order valence-electron chi connectivity index (χ1n) is 10.2. The lowest BCUT2D eigenvalue weighted by Gasteiger charge is -2.29. The molecule has 1 N–H and O–H groups in total. The first kappa shape index (κ1) is 21.5. The van der Waals surface area contributed by atoms with E-state index < -0.39 is 10.0 Å². The van der Waals surface area contributed by atoms with Crippen LogP contribution in [0.5, 0.6) is 0 Å². The number of carbonyl (C=O) groups excluding carboxylic acids is 1. The Morgan fingerprint density at radius 3 is 2.21 bits per heavy atom. The molecule has 0 bridgehead atoms. The van der Waals surface area contributed by atoms with E-state index in [1.54, 1.807) is 12.1 Å². The van der Waals surface area contributed by atoms with Crippen LogP contribution < -0.4 is 5.32 Å². The van der Waals surface area contributed by atoms with Gasteiger partial charge in [-0.25, -0.2) is 8.42 Å². The Morgan fingerprint density at radius 2 is 1.62 bits per heavy atom. The third-order valence-electron chi connectivity index (χ3n) is 5.57. The van der Waals surface area contributed by atoms with E-state index in [4.69, 9.17) is 0 Å². The van der Waals surface area contributed by atoms with Crippen molar-refractivity contribution >= 4 is 15.9 Å². The first-order valence-corrected chi connectivity index (χ1v) is 11.6. The predicted molar refractivity (Wildman–Crippen MR) is 115 cm³/mol. The maximum absolute atomic E-state index is 12.6. The molecule has 2 aromatic carbocycles. The molecule has 0 spiro atoms. The van der Waals surface area contributed by atoms with Gasteiger partial charge in [-0.05, 0) is 61.4 Å². The van der Waals surface area contributed by atoms with Crippen LogP contribution in [-0.4, -0.2) is 37.8 Å². The fourth-order valence-electron chi connectivity index (χ4n) is 3.99. The zero-order valence-electron chi connectivity index (χ0n) is 17.4. The standard InChI is InChI=1S/C23H30N2O3S/c1-18(17-23(2,3)20-9-5-4-6-10-20)24-22(26)19-11-13-21(14-12-19)29(27,28)25-15-7-8-16-25/h4-6,9-14,18H,7-8,15-17H2,1-3H3,(H,24,26). The lowest BCUT2D eigenvalue weighted by atomic mass is 9.79. The average Bonchev–Trinajstić information content (AvgIpc) is 3.24. The number of hydrogen-bond acceptors (Lipinski definition) is 3. The zero-order valence-corrected chi connectivity index (χ0v) is 18.2. The second kappa shape index (κ2) is 8.67. The van der Waals surface area contributed by atoms with Crippen molar-refractivity contribution in [2.24, 2.45) is 0 Å². The Hall–Kier alpha value is -2.18. The van der Waals surface area contributed by atoms with Gasteiger partial charge in [0.1, 0.15) is 0 Å². The summed E-state index contributed by atoms with van der Waals surface area (Å²) in [6, 6.07) is 16.5. The molecule has 29 heavy (non-hydrogen) atoms. The Morgan fingerprint density at radius 1 is 1.03 bits per heavy atom. The van der Waals surface area contributed by atoms with E-state index in [2.05, 4.69) is 31.3 Å². The summed E-state index contributed by atoms with van der Waals surface area (Å²) >= 11 is 0. The number of carbonyl (C=O) groups is 1. The minimum Gasteiger partial charge on any atom is -0.350 e. The number of nitrogens with zero attached hydrogens (tertiary/aromatic N) is 1. The second-order valence-corrected chi connectivity index (χ2v) is 10.4. The number of nitrogens with one attached hydrogen (secondary N) is 1. The fourth-order valence-corrected chi connectivity index (χ4v) is 5.50. The Bertz CT molecular complexity index is 932. The van der Waals surface area contributed by atoms with Crippen molar-refractivity contribution in [2.45, 2.75) is 56.4 Å². The average molecular weight is 415 g/mol. The van der Waals surface area contributed by atoms with Crippen molar-refractivity contribution in [1.82, 2.24) is 9.62 Å². The fraction of sp³-hybridized carbons (Fsp3) is 0.435. The smallest absolute Gasteiger partial charge is 0.251 e. The molecule has 1 unspecified atom stereocenters. The van der Waals surface area contributed by atoms with Gasteiger partial charge in [0.25, 0.3) is 5.91 Å². The number of benzene rings is 2. The molecule has 1 aliphatic heterocycles. The highest BCUT2D eigenvalue weighted by Gasteiger charge is 2.27. The summed E-state index contributed by atoms with van der Waals surface area (Å²) in [5, 5.41) is 3.04. The van der Waals surface area contributed by atoms with Crippen LogP contribution in [0.3, 0.4) is 0 Å². The van der Waals surface area contributed by atoms with Crippen LogP contribution in [0.2, 0.25) is 0 Å². The van der Waals surface area contributed by atoms with E-state index in [1.165, 1.54) is 22.0 Å². The van der Waals surface area contributed by atoms with Gasteiger partial charge in [0, 0.05) is 24.7 Å². The minimum atomic E-state index is -3.46. The summed E-state index contributed by atoms with van der Waals surface area (Å²) < 4.78 is 26.7. The van der Waals surface area contributed by atoms with Crippen molar-refractivity contribution in [3.8, 4) is 0 Å². The van der Waals surface area contributed by atoms with Crippen molar-refractivity contribution in [2.75, 3.05) is 13.1 Å². The van der Waals surface area contributed by atoms with E-state index in [1.807, 2.05) is 25.1 Å². The monoisotopic (exact) mass is 414 g/mol. The Balaban J connectivity index is 1.63.